The topological polar surface area (TPSA) is 58.1 Å². The van der Waals surface area contributed by atoms with Crippen LogP contribution in [0.3, 0.4) is 0 Å². The van der Waals surface area contributed by atoms with Crippen LogP contribution in [0.15, 0.2) is 67.0 Å². The van der Waals surface area contributed by atoms with Gasteiger partial charge in [-0.3, -0.25) is 4.79 Å². The molecule has 5 heteroatoms. The van der Waals surface area contributed by atoms with Crippen LogP contribution in [0.2, 0.25) is 0 Å². The quantitative estimate of drug-likeness (QED) is 0.702. The van der Waals surface area contributed by atoms with Crippen molar-refractivity contribution in [3.05, 3.63) is 83.8 Å². The molecule has 29 heavy (non-hydrogen) atoms. The Labute approximate surface area is 171 Å². The number of benzene rings is 2. The second-order valence-corrected chi connectivity index (χ2v) is 7.65. The number of hydrogen-bond acceptors (Lipinski definition) is 4. The minimum absolute atomic E-state index is 0.236. The zero-order chi connectivity index (χ0) is 20.1. The highest BCUT2D eigenvalue weighted by Gasteiger charge is 2.21. The van der Waals surface area contributed by atoms with E-state index in [0.717, 1.165) is 49.4 Å². The van der Waals surface area contributed by atoms with E-state index >= 15 is 0 Å². The summed E-state index contributed by atoms with van der Waals surface area (Å²) in [6.07, 6.45) is 6.71. The Morgan fingerprint density at radius 1 is 1.00 bits per heavy atom. The molecule has 0 unspecified atom stereocenters. The standard InChI is InChI=1S/C24H26N4O/c1-18-7-5-6-10-21(18)27-24(29)22-16-26-23(17-25-22)28-13-11-20(12-14-28)15-19-8-3-2-4-9-19/h2-10,16-17,20H,11-15H2,1H3,(H,27,29). The van der Waals surface area contributed by atoms with Crippen LogP contribution in [0.5, 0.6) is 0 Å². The molecule has 0 saturated carbocycles. The fourth-order valence-electron chi connectivity index (χ4n) is 3.81. The Morgan fingerprint density at radius 3 is 2.41 bits per heavy atom. The van der Waals surface area contributed by atoms with Gasteiger partial charge >= 0.3 is 0 Å². The number of hydrogen-bond donors (Lipinski definition) is 1. The first kappa shape index (κ1) is 19.1. The van der Waals surface area contributed by atoms with E-state index < -0.39 is 0 Å². The van der Waals surface area contributed by atoms with Crippen LogP contribution in [-0.2, 0) is 6.42 Å². The van der Waals surface area contributed by atoms with Gasteiger partial charge in [0.25, 0.3) is 5.91 Å². The van der Waals surface area contributed by atoms with Gasteiger partial charge in [-0.15, -0.1) is 0 Å². The minimum Gasteiger partial charge on any atom is -0.355 e. The van der Waals surface area contributed by atoms with Crippen LogP contribution in [-0.4, -0.2) is 29.0 Å². The predicted octanol–water partition coefficient (Wildman–Crippen LogP) is 4.50. The van der Waals surface area contributed by atoms with Crippen molar-refractivity contribution in [1.82, 2.24) is 9.97 Å². The summed E-state index contributed by atoms with van der Waals surface area (Å²) in [4.78, 5) is 23.6. The molecule has 2 aromatic carbocycles. The van der Waals surface area contributed by atoms with Crippen LogP contribution in [0.1, 0.15) is 34.5 Å². The smallest absolute Gasteiger partial charge is 0.275 e. The third-order valence-corrected chi connectivity index (χ3v) is 5.57. The lowest BCUT2D eigenvalue weighted by Gasteiger charge is -2.32. The lowest BCUT2D eigenvalue weighted by atomic mass is 9.90. The molecule has 5 nitrogen and oxygen atoms in total. The largest absolute Gasteiger partial charge is 0.355 e. The molecule has 0 atom stereocenters. The molecule has 1 aromatic heterocycles. The highest BCUT2D eigenvalue weighted by Crippen LogP contribution is 2.24. The van der Waals surface area contributed by atoms with Crippen LogP contribution < -0.4 is 10.2 Å². The molecule has 1 amide bonds. The Balaban J connectivity index is 1.33. The van der Waals surface area contributed by atoms with Gasteiger partial charge in [-0.1, -0.05) is 48.5 Å². The molecule has 2 heterocycles. The maximum absolute atomic E-state index is 12.4. The molecule has 148 valence electrons. The monoisotopic (exact) mass is 386 g/mol. The second-order valence-electron chi connectivity index (χ2n) is 7.65. The van der Waals surface area contributed by atoms with Crippen molar-refractivity contribution in [1.29, 1.82) is 0 Å². The second kappa shape index (κ2) is 8.86. The Bertz CT molecular complexity index is 948. The summed E-state index contributed by atoms with van der Waals surface area (Å²) in [6, 6.07) is 18.4. The summed E-state index contributed by atoms with van der Waals surface area (Å²) in [6.45, 7) is 3.91. The van der Waals surface area contributed by atoms with E-state index in [-0.39, 0.29) is 5.91 Å². The molecule has 3 aromatic rings. The molecule has 0 aliphatic carbocycles. The van der Waals surface area contributed by atoms with Crippen LogP contribution >= 0.6 is 0 Å². The Kier molecular flexibility index (Phi) is 5.84. The number of para-hydroxylation sites is 1. The Morgan fingerprint density at radius 2 is 1.72 bits per heavy atom. The van der Waals surface area contributed by atoms with E-state index in [4.69, 9.17) is 0 Å². The number of nitrogens with one attached hydrogen (secondary N) is 1. The van der Waals surface area contributed by atoms with Gasteiger partial charge < -0.3 is 10.2 Å². The number of aromatic nitrogens is 2. The van der Waals surface area contributed by atoms with Gasteiger partial charge in [0.2, 0.25) is 0 Å². The Hall–Kier alpha value is -3.21. The molecular weight excluding hydrogens is 360 g/mol. The first-order valence-electron chi connectivity index (χ1n) is 10.2. The normalized spacial score (nSPS) is 14.6. The lowest BCUT2D eigenvalue weighted by Crippen LogP contribution is -2.35. The van der Waals surface area contributed by atoms with E-state index in [0.29, 0.717) is 11.6 Å². The van der Waals surface area contributed by atoms with Crippen LogP contribution in [0, 0.1) is 12.8 Å². The molecule has 1 N–H and O–H groups in total. The van der Waals surface area contributed by atoms with Crippen molar-refractivity contribution in [3.63, 3.8) is 0 Å². The third kappa shape index (κ3) is 4.80. The summed E-state index contributed by atoms with van der Waals surface area (Å²) in [7, 11) is 0. The fourth-order valence-corrected chi connectivity index (χ4v) is 3.81. The lowest BCUT2D eigenvalue weighted by molar-refractivity contribution is 0.102. The molecule has 1 aliphatic heterocycles. The predicted molar refractivity (Wildman–Crippen MR) is 116 cm³/mol. The third-order valence-electron chi connectivity index (χ3n) is 5.57. The van der Waals surface area contributed by atoms with E-state index in [2.05, 4.69) is 50.5 Å². The van der Waals surface area contributed by atoms with Gasteiger partial charge in [-0.05, 0) is 49.3 Å². The van der Waals surface area contributed by atoms with Gasteiger partial charge in [0, 0.05) is 18.8 Å². The average Bonchev–Trinajstić information content (AvgIpc) is 2.77. The fraction of sp³-hybridized carbons (Fsp3) is 0.292. The molecule has 1 fully saturated rings. The van der Waals surface area contributed by atoms with Crippen molar-refractivity contribution < 1.29 is 4.79 Å². The van der Waals surface area contributed by atoms with Crippen LogP contribution in [0.25, 0.3) is 0 Å². The molecule has 0 radical (unpaired) electrons. The number of amides is 1. The summed E-state index contributed by atoms with van der Waals surface area (Å²) >= 11 is 0. The van der Waals surface area contributed by atoms with E-state index in [1.807, 2.05) is 31.2 Å². The average molecular weight is 386 g/mol. The van der Waals surface area contributed by atoms with Crippen molar-refractivity contribution >= 4 is 17.4 Å². The van der Waals surface area contributed by atoms with Crippen molar-refractivity contribution in [2.24, 2.45) is 5.92 Å². The van der Waals surface area contributed by atoms with Gasteiger partial charge in [0.05, 0.1) is 12.4 Å². The van der Waals surface area contributed by atoms with E-state index in [1.54, 1.807) is 12.4 Å². The number of piperidine rings is 1. The van der Waals surface area contributed by atoms with Gasteiger partial charge in [0.15, 0.2) is 0 Å². The highest BCUT2D eigenvalue weighted by atomic mass is 16.1. The zero-order valence-corrected chi connectivity index (χ0v) is 16.7. The maximum Gasteiger partial charge on any atom is 0.275 e. The first-order valence-corrected chi connectivity index (χ1v) is 10.2. The summed E-state index contributed by atoms with van der Waals surface area (Å²) in [5, 5.41) is 2.90. The number of aryl methyl sites for hydroxylation is 1. The zero-order valence-electron chi connectivity index (χ0n) is 16.7. The number of rotatable bonds is 5. The SMILES string of the molecule is Cc1ccccc1NC(=O)c1cnc(N2CCC(Cc3ccccc3)CC2)cn1. The van der Waals surface area contributed by atoms with E-state index in [9.17, 15) is 4.79 Å². The number of carbonyl (C=O) groups excluding carboxylic acids is 1. The van der Waals surface area contributed by atoms with Crippen molar-refractivity contribution in [2.75, 3.05) is 23.3 Å². The molecule has 0 bridgehead atoms. The van der Waals surface area contributed by atoms with Gasteiger partial charge in [-0.2, -0.15) is 0 Å². The number of anilines is 2. The van der Waals surface area contributed by atoms with Crippen molar-refractivity contribution in [3.8, 4) is 0 Å². The molecule has 1 aliphatic rings. The minimum atomic E-state index is -0.236. The summed E-state index contributed by atoms with van der Waals surface area (Å²) < 4.78 is 0. The highest BCUT2D eigenvalue weighted by molar-refractivity contribution is 6.03. The molecular formula is C24H26N4O. The van der Waals surface area contributed by atoms with Crippen molar-refractivity contribution in [2.45, 2.75) is 26.2 Å². The number of nitrogens with zero attached hydrogens (tertiary/aromatic N) is 3. The van der Waals surface area contributed by atoms with Gasteiger partial charge in [-0.25, -0.2) is 9.97 Å². The van der Waals surface area contributed by atoms with Crippen LogP contribution in [0.4, 0.5) is 11.5 Å². The summed E-state index contributed by atoms with van der Waals surface area (Å²) in [5.41, 5.74) is 3.55. The maximum atomic E-state index is 12.4. The number of carbonyl (C=O) groups is 1. The molecule has 4 rings (SSSR count). The summed E-state index contributed by atoms with van der Waals surface area (Å²) in [5.74, 6) is 1.32. The molecule has 1 saturated heterocycles. The van der Waals surface area contributed by atoms with E-state index in [1.165, 1.54) is 5.56 Å². The molecule has 0 spiro atoms. The van der Waals surface area contributed by atoms with Gasteiger partial charge in [0.1, 0.15) is 11.5 Å². The first-order chi connectivity index (χ1) is 14.2.